The largest absolute Gasteiger partial charge is 0.364 e. The highest BCUT2D eigenvalue weighted by Crippen LogP contribution is 2.01. The minimum absolute atomic E-state index is 0.0850. The molecule has 1 aromatic heterocycles. The molecule has 1 heterocycles. The molecule has 0 saturated carbocycles. The van der Waals surface area contributed by atoms with Crippen LogP contribution in [0.4, 0.5) is 11.4 Å². The quantitative estimate of drug-likeness (QED) is 0.547. The predicted molar refractivity (Wildman–Crippen MR) is 46.4 cm³/mol. The van der Waals surface area contributed by atoms with Gasteiger partial charge in [-0.15, -0.1) is 0 Å². The van der Waals surface area contributed by atoms with E-state index < -0.39 is 5.43 Å². The molecule has 1 rings (SSSR count). The van der Waals surface area contributed by atoms with Gasteiger partial charge in [-0.05, 0) is 0 Å². The molecule has 13 heavy (non-hydrogen) atoms. The third kappa shape index (κ3) is 1.92. The molecule has 0 aliphatic heterocycles. The van der Waals surface area contributed by atoms with Crippen molar-refractivity contribution in [1.29, 1.82) is 0 Å². The summed E-state index contributed by atoms with van der Waals surface area (Å²) in [6, 6.07) is 0. The number of nitrogens with one attached hydrogen (secondary N) is 3. The van der Waals surface area contributed by atoms with E-state index in [4.69, 9.17) is 0 Å². The monoisotopic (exact) mass is 181 g/mol. The summed E-state index contributed by atoms with van der Waals surface area (Å²) in [6.45, 7) is 0. The van der Waals surface area contributed by atoms with Gasteiger partial charge >= 0.3 is 0 Å². The van der Waals surface area contributed by atoms with Crippen LogP contribution in [0.15, 0.2) is 17.2 Å². The topological polar surface area (TPSA) is 91.1 Å². The number of pyridine rings is 1. The molecule has 6 nitrogen and oxygen atoms in total. The van der Waals surface area contributed by atoms with Crippen molar-refractivity contribution in [2.75, 3.05) is 10.6 Å². The van der Waals surface area contributed by atoms with Crippen molar-refractivity contribution in [3.63, 3.8) is 0 Å². The summed E-state index contributed by atoms with van der Waals surface area (Å²) >= 11 is 0. The number of H-pyrrole nitrogens is 1. The molecule has 1 aromatic rings. The zero-order valence-electron chi connectivity index (χ0n) is 6.53. The van der Waals surface area contributed by atoms with Gasteiger partial charge in [0.1, 0.15) is 11.4 Å². The second-order valence-corrected chi connectivity index (χ2v) is 2.14. The van der Waals surface area contributed by atoms with Gasteiger partial charge in [-0.3, -0.25) is 14.4 Å². The van der Waals surface area contributed by atoms with Gasteiger partial charge in [0.2, 0.25) is 18.2 Å². The maximum absolute atomic E-state index is 11.3. The highest BCUT2D eigenvalue weighted by atomic mass is 16.1. The van der Waals surface area contributed by atoms with E-state index in [0.717, 1.165) is 0 Å². The predicted octanol–water partition coefficient (Wildman–Crippen LogP) is -0.489. The maximum atomic E-state index is 11.3. The van der Waals surface area contributed by atoms with Gasteiger partial charge in [-0.2, -0.15) is 0 Å². The second kappa shape index (κ2) is 4.05. The van der Waals surface area contributed by atoms with Crippen LogP contribution < -0.4 is 16.1 Å². The number of carbonyl (C=O) groups is 2. The molecule has 0 bridgehead atoms. The smallest absolute Gasteiger partial charge is 0.228 e. The van der Waals surface area contributed by atoms with Crippen molar-refractivity contribution in [2.45, 2.75) is 0 Å². The Morgan fingerprint density at radius 2 is 1.54 bits per heavy atom. The summed E-state index contributed by atoms with van der Waals surface area (Å²) in [7, 11) is 0. The first-order chi connectivity index (χ1) is 6.29. The average Bonchev–Trinajstić information content (AvgIpc) is 2.13. The number of amides is 2. The summed E-state index contributed by atoms with van der Waals surface area (Å²) in [5, 5.41) is 4.39. The van der Waals surface area contributed by atoms with E-state index in [1.165, 1.54) is 12.4 Å². The number of anilines is 2. The lowest BCUT2D eigenvalue weighted by atomic mass is 10.3. The summed E-state index contributed by atoms with van der Waals surface area (Å²) in [6.07, 6.45) is 3.42. The van der Waals surface area contributed by atoms with Gasteiger partial charge in [-0.25, -0.2) is 0 Å². The highest BCUT2D eigenvalue weighted by molar-refractivity contribution is 5.76. The highest BCUT2D eigenvalue weighted by Gasteiger charge is 2.02. The molecule has 0 saturated heterocycles. The van der Waals surface area contributed by atoms with E-state index in [9.17, 15) is 14.4 Å². The van der Waals surface area contributed by atoms with E-state index in [-0.39, 0.29) is 11.4 Å². The SMILES string of the molecule is O=CNc1c[nH]cc(NC=O)c1=O. The summed E-state index contributed by atoms with van der Waals surface area (Å²) < 4.78 is 0. The third-order valence-corrected chi connectivity index (χ3v) is 1.37. The van der Waals surface area contributed by atoms with Gasteiger partial charge < -0.3 is 15.6 Å². The van der Waals surface area contributed by atoms with Crippen molar-refractivity contribution in [2.24, 2.45) is 0 Å². The van der Waals surface area contributed by atoms with Crippen LogP contribution in [0.5, 0.6) is 0 Å². The Balaban J connectivity index is 3.10. The second-order valence-electron chi connectivity index (χ2n) is 2.14. The number of aromatic nitrogens is 1. The van der Waals surface area contributed by atoms with Crippen LogP contribution in [0.25, 0.3) is 0 Å². The molecule has 0 unspecified atom stereocenters. The lowest BCUT2D eigenvalue weighted by Gasteiger charge is -2.00. The first-order valence-corrected chi connectivity index (χ1v) is 3.41. The van der Waals surface area contributed by atoms with E-state index in [0.29, 0.717) is 12.8 Å². The molecule has 0 spiro atoms. The van der Waals surface area contributed by atoms with Gasteiger partial charge in [0.15, 0.2) is 0 Å². The van der Waals surface area contributed by atoms with Crippen molar-refractivity contribution in [3.8, 4) is 0 Å². The number of carbonyl (C=O) groups excluding carboxylic acids is 2. The van der Waals surface area contributed by atoms with Gasteiger partial charge in [-0.1, -0.05) is 0 Å². The zero-order valence-corrected chi connectivity index (χ0v) is 6.53. The summed E-state index contributed by atoms with van der Waals surface area (Å²) in [4.78, 5) is 34.0. The standard InChI is InChI=1S/C7H7N3O3/c11-3-9-5-1-8-2-6(7(5)13)10-4-12/h1-4H,(H,8,13)(H,9,11)(H,10,12). The Morgan fingerprint density at radius 3 is 1.92 bits per heavy atom. The van der Waals surface area contributed by atoms with Crippen LogP contribution in [0.3, 0.4) is 0 Å². The van der Waals surface area contributed by atoms with Crippen molar-refractivity contribution in [3.05, 3.63) is 22.6 Å². The van der Waals surface area contributed by atoms with Crippen molar-refractivity contribution >= 4 is 24.2 Å². The normalized spacial score (nSPS) is 8.92. The fourth-order valence-corrected chi connectivity index (χ4v) is 0.826. The number of aromatic amines is 1. The fraction of sp³-hybridized carbons (Fsp3) is 0. The first-order valence-electron chi connectivity index (χ1n) is 3.41. The lowest BCUT2D eigenvalue weighted by Crippen LogP contribution is -2.15. The average molecular weight is 181 g/mol. The molecule has 0 aromatic carbocycles. The minimum atomic E-state index is -0.446. The van der Waals surface area contributed by atoms with Crippen molar-refractivity contribution < 1.29 is 9.59 Å². The summed E-state index contributed by atoms with van der Waals surface area (Å²) in [5.41, 5.74) is -0.276. The molecule has 0 fully saturated rings. The number of hydrogen-bond donors (Lipinski definition) is 3. The van der Waals surface area contributed by atoms with E-state index in [2.05, 4.69) is 15.6 Å². The Labute approximate surface area is 73.0 Å². The van der Waals surface area contributed by atoms with Crippen LogP contribution in [0.1, 0.15) is 0 Å². The van der Waals surface area contributed by atoms with Gasteiger partial charge in [0.05, 0.1) is 0 Å². The molecule has 3 N–H and O–H groups in total. The molecule has 0 radical (unpaired) electrons. The minimum Gasteiger partial charge on any atom is -0.364 e. The van der Waals surface area contributed by atoms with E-state index >= 15 is 0 Å². The fourth-order valence-electron chi connectivity index (χ4n) is 0.826. The number of rotatable bonds is 4. The third-order valence-electron chi connectivity index (χ3n) is 1.37. The number of hydrogen-bond acceptors (Lipinski definition) is 3. The summed E-state index contributed by atoms with van der Waals surface area (Å²) in [5.74, 6) is 0. The van der Waals surface area contributed by atoms with Gasteiger partial charge in [0.25, 0.3) is 0 Å². The molecule has 6 heteroatoms. The molecule has 0 atom stereocenters. The molecule has 0 aliphatic rings. The van der Waals surface area contributed by atoms with E-state index in [1.54, 1.807) is 0 Å². The Kier molecular flexibility index (Phi) is 2.80. The Bertz CT molecular complexity index is 340. The Morgan fingerprint density at radius 1 is 1.08 bits per heavy atom. The maximum Gasteiger partial charge on any atom is 0.228 e. The van der Waals surface area contributed by atoms with Crippen LogP contribution in [-0.2, 0) is 9.59 Å². The Hall–Kier alpha value is -2.11. The first kappa shape index (κ1) is 8.98. The molecule has 2 amide bonds. The van der Waals surface area contributed by atoms with Crippen LogP contribution in [0, 0.1) is 0 Å². The van der Waals surface area contributed by atoms with Crippen LogP contribution in [0.2, 0.25) is 0 Å². The molecule has 0 aliphatic carbocycles. The lowest BCUT2D eigenvalue weighted by molar-refractivity contribution is -0.106. The van der Waals surface area contributed by atoms with Crippen molar-refractivity contribution in [1.82, 2.24) is 4.98 Å². The van der Waals surface area contributed by atoms with Crippen LogP contribution >= 0.6 is 0 Å². The molecule has 68 valence electrons. The van der Waals surface area contributed by atoms with Gasteiger partial charge in [0, 0.05) is 12.4 Å². The van der Waals surface area contributed by atoms with Crippen LogP contribution in [-0.4, -0.2) is 17.8 Å². The molecular weight excluding hydrogens is 174 g/mol. The van der Waals surface area contributed by atoms with E-state index in [1.807, 2.05) is 0 Å². The molecular formula is C7H7N3O3. The zero-order chi connectivity index (χ0) is 9.68.